The molecule has 1 aliphatic rings. The van der Waals surface area contributed by atoms with Crippen LogP contribution in [0.4, 0.5) is 0 Å². The lowest BCUT2D eigenvalue weighted by Crippen LogP contribution is -2.37. The van der Waals surface area contributed by atoms with E-state index in [1.807, 2.05) is 29.1 Å². The molecule has 0 aliphatic carbocycles. The van der Waals surface area contributed by atoms with Crippen molar-refractivity contribution < 1.29 is 4.74 Å². The highest BCUT2D eigenvalue weighted by Gasteiger charge is 2.11. The van der Waals surface area contributed by atoms with Crippen LogP contribution in [0, 0.1) is 4.77 Å². The monoisotopic (exact) mass is 353 g/mol. The number of nitrogens with zero attached hydrogens (tertiary/aromatic N) is 3. The van der Waals surface area contributed by atoms with Gasteiger partial charge in [-0.15, -0.1) is 0 Å². The van der Waals surface area contributed by atoms with Crippen molar-refractivity contribution in [2.24, 2.45) is 0 Å². The summed E-state index contributed by atoms with van der Waals surface area (Å²) < 4.78 is 11.4. The van der Waals surface area contributed by atoms with E-state index in [2.05, 4.69) is 37.5 Å². The molecular weight excluding hydrogens is 338 g/mol. The molecule has 0 radical (unpaired) electrons. The third-order valence-corrected chi connectivity index (χ3v) is 4.37. The molecule has 0 amide bonds. The molecule has 6 heteroatoms. The molecule has 2 heterocycles. The van der Waals surface area contributed by atoms with Crippen LogP contribution in [0.15, 0.2) is 41.1 Å². The van der Waals surface area contributed by atoms with E-state index in [4.69, 9.17) is 17.0 Å². The van der Waals surface area contributed by atoms with Gasteiger partial charge in [0.1, 0.15) is 0 Å². The number of aromatic nitrogens is 2. The fraction of sp³-hybridized carbons (Fsp3) is 0.357. The predicted octanol–water partition coefficient (Wildman–Crippen LogP) is 3.06. The summed E-state index contributed by atoms with van der Waals surface area (Å²) in [4.78, 5) is 2.35. The molecule has 0 N–H and O–H groups in total. The van der Waals surface area contributed by atoms with E-state index in [1.54, 1.807) is 0 Å². The minimum absolute atomic E-state index is 0.806. The zero-order valence-electron chi connectivity index (χ0n) is 11.0. The summed E-state index contributed by atoms with van der Waals surface area (Å²) in [7, 11) is 0. The zero-order chi connectivity index (χ0) is 13.9. The van der Waals surface area contributed by atoms with E-state index >= 15 is 0 Å². The van der Waals surface area contributed by atoms with Gasteiger partial charge < -0.3 is 9.30 Å². The predicted molar refractivity (Wildman–Crippen MR) is 84.7 cm³/mol. The average Bonchev–Trinajstić information content (AvgIpc) is 2.83. The molecule has 3 rings (SSSR count). The van der Waals surface area contributed by atoms with Crippen molar-refractivity contribution in [3.05, 3.63) is 45.9 Å². The van der Waals surface area contributed by atoms with Gasteiger partial charge in [-0.25, -0.2) is 0 Å². The highest BCUT2D eigenvalue weighted by Crippen LogP contribution is 2.15. The minimum Gasteiger partial charge on any atom is -0.379 e. The normalized spacial score (nSPS) is 16.4. The molecule has 0 spiro atoms. The molecule has 0 unspecified atom stereocenters. The fourth-order valence-electron chi connectivity index (χ4n) is 2.28. The first-order chi connectivity index (χ1) is 9.74. The maximum absolute atomic E-state index is 5.56. The minimum atomic E-state index is 0.806. The quantitative estimate of drug-likeness (QED) is 0.791. The van der Waals surface area contributed by atoms with Gasteiger partial charge in [0.25, 0.3) is 0 Å². The second kappa shape index (κ2) is 6.22. The molecule has 1 aromatic heterocycles. The first-order valence-corrected chi connectivity index (χ1v) is 7.78. The van der Waals surface area contributed by atoms with Gasteiger partial charge in [-0.1, -0.05) is 15.9 Å². The van der Waals surface area contributed by atoms with Gasteiger partial charge in [-0.3, -0.25) is 9.47 Å². The van der Waals surface area contributed by atoms with Crippen LogP contribution in [-0.4, -0.2) is 40.3 Å². The lowest BCUT2D eigenvalue weighted by molar-refractivity contribution is 0.0232. The summed E-state index contributed by atoms with van der Waals surface area (Å²) in [5, 5.41) is 0. The lowest BCUT2D eigenvalue weighted by atomic mass is 10.3. The number of hydrogen-bond acceptors (Lipinski definition) is 3. The second-order valence-corrected chi connectivity index (χ2v) is 6.05. The van der Waals surface area contributed by atoms with Gasteiger partial charge in [-0.05, 0) is 36.5 Å². The smallest absolute Gasteiger partial charge is 0.185 e. The summed E-state index contributed by atoms with van der Waals surface area (Å²) in [6, 6.07) is 8.16. The van der Waals surface area contributed by atoms with Crippen LogP contribution in [0.3, 0.4) is 0 Å². The Labute approximate surface area is 131 Å². The van der Waals surface area contributed by atoms with Crippen molar-refractivity contribution in [3.63, 3.8) is 0 Å². The molecule has 1 aromatic carbocycles. The molecule has 4 nitrogen and oxygen atoms in total. The third kappa shape index (κ3) is 3.03. The first kappa shape index (κ1) is 14.0. The summed E-state index contributed by atoms with van der Waals surface area (Å²) in [5.74, 6) is 0. The number of rotatable bonds is 3. The van der Waals surface area contributed by atoms with Crippen molar-refractivity contribution in [1.82, 2.24) is 14.0 Å². The molecule has 1 saturated heterocycles. The molecule has 2 aromatic rings. The van der Waals surface area contributed by atoms with Crippen molar-refractivity contribution in [3.8, 4) is 5.69 Å². The van der Waals surface area contributed by atoms with E-state index in [0.717, 1.165) is 47.9 Å². The Bertz CT molecular complexity index is 629. The fourth-order valence-corrected chi connectivity index (χ4v) is 2.83. The number of hydrogen-bond donors (Lipinski definition) is 0. The largest absolute Gasteiger partial charge is 0.379 e. The maximum atomic E-state index is 5.56. The number of benzene rings is 1. The van der Waals surface area contributed by atoms with Crippen LogP contribution >= 0.6 is 28.1 Å². The van der Waals surface area contributed by atoms with Gasteiger partial charge >= 0.3 is 0 Å². The Morgan fingerprint density at radius 1 is 1.10 bits per heavy atom. The van der Waals surface area contributed by atoms with Gasteiger partial charge in [0.15, 0.2) is 4.77 Å². The third-order valence-electron chi connectivity index (χ3n) is 3.41. The van der Waals surface area contributed by atoms with E-state index in [-0.39, 0.29) is 0 Å². The number of halogens is 1. The van der Waals surface area contributed by atoms with Crippen LogP contribution in [-0.2, 0) is 11.4 Å². The number of imidazole rings is 1. The van der Waals surface area contributed by atoms with Crippen molar-refractivity contribution in [2.45, 2.75) is 6.67 Å². The SMILES string of the molecule is S=c1n(CN2CCOCC2)ccn1-c1ccc(Br)cc1. The summed E-state index contributed by atoms with van der Waals surface area (Å²) in [5.41, 5.74) is 1.08. The van der Waals surface area contributed by atoms with Crippen LogP contribution in [0.1, 0.15) is 0 Å². The van der Waals surface area contributed by atoms with Crippen LogP contribution in [0.2, 0.25) is 0 Å². The molecule has 20 heavy (non-hydrogen) atoms. The topological polar surface area (TPSA) is 22.3 Å². The molecule has 1 aliphatic heterocycles. The van der Waals surface area contributed by atoms with Crippen LogP contribution in [0.25, 0.3) is 5.69 Å². The lowest BCUT2D eigenvalue weighted by Gasteiger charge is -2.26. The Kier molecular flexibility index (Phi) is 4.35. The first-order valence-electron chi connectivity index (χ1n) is 6.58. The summed E-state index contributed by atoms with van der Waals surface area (Å²) >= 11 is 9.01. The van der Waals surface area contributed by atoms with Gasteiger partial charge in [0.2, 0.25) is 0 Å². The van der Waals surface area contributed by atoms with Gasteiger partial charge in [0, 0.05) is 35.6 Å². The van der Waals surface area contributed by atoms with Crippen LogP contribution in [0.5, 0.6) is 0 Å². The van der Waals surface area contributed by atoms with E-state index in [1.165, 1.54) is 0 Å². The summed E-state index contributed by atoms with van der Waals surface area (Å²) in [6.45, 7) is 4.36. The molecule has 0 atom stereocenters. The average molecular weight is 354 g/mol. The van der Waals surface area contributed by atoms with E-state index < -0.39 is 0 Å². The van der Waals surface area contributed by atoms with Gasteiger partial charge in [0.05, 0.1) is 19.9 Å². The van der Waals surface area contributed by atoms with Crippen molar-refractivity contribution in [1.29, 1.82) is 0 Å². The zero-order valence-corrected chi connectivity index (χ0v) is 13.4. The Hall–Kier alpha value is -0.950. The second-order valence-electron chi connectivity index (χ2n) is 4.77. The van der Waals surface area contributed by atoms with Crippen LogP contribution < -0.4 is 0 Å². The standard InChI is InChI=1S/C14H16BrN3OS/c15-12-1-3-13(4-2-12)18-6-5-17(14(18)20)11-16-7-9-19-10-8-16/h1-6H,7-11H2. The summed E-state index contributed by atoms with van der Waals surface area (Å²) in [6.07, 6.45) is 4.06. The van der Waals surface area contributed by atoms with Crippen molar-refractivity contribution in [2.75, 3.05) is 26.3 Å². The highest BCUT2D eigenvalue weighted by molar-refractivity contribution is 9.10. The van der Waals surface area contributed by atoms with E-state index in [0.29, 0.717) is 0 Å². The highest BCUT2D eigenvalue weighted by atomic mass is 79.9. The molecule has 1 fully saturated rings. The molecular formula is C14H16BrN3OS. The van der Waals surface area contributed by atoms with E-state index in [9.17, 15) is 0 Å². The molecule has 0 saturated carbocycles. The molecule has 0 bridgehead atoms. The Morgan fingerprint density at radius 2 is 1.80 bits per heavy atom. The maximum Gasteiger partial charge on any atom is 0.185 e. The van der Waals surface area contributed by atoms with Gasteiger partial charge in [-0.2, -0.15) is 0 Å². The molecule has 106 valence electrons. The number of ether oxygens (including phenoxy) is 1. The Balaban J connectivity index is 1.81. The van der Waals surface area contributed by atoms with Crippen molar-refractivity contribution >= 4 is 28.1 Å². The Morgan fingerprint density at radius 3 is 2.50 bits per heavy atom. The number of morpholine rings is 1.